The fourth-order valence-electron chi connectivity index (χ4n) is 4.44. The van der Waals surface area contributed by atoms with Gasteiger partial charge in [-0.2, -0.15) is 0 Å². The predicted octanol–water partition coefficient (Wildman–Crippen LogP) is 2.82. The summed E-state index contributed by atoms with van der Waals surface area (Å²) in [5.41, 5.74) is -0.231. The Labute approximate surface area is 165 Å². The van der Waals surface area contributed by atoms with Crippen molar-refractivity contribution in [2.75, 3.05) is 19.6 Å². The van der Waals surface area contributed by atoms with E-state index in [9.17, 15) is 9.59 Å². The molecule has 7 heteroatoms. The Hall–Kier alpha value is -2.57. The molecule has 1 saturated carbocycles. The second kappa shape index (κ2) is 7.11. The summed E-state index contributed by atoms with van der Waals surface area (Å²) in [6.07, 6.45) is 6.61. The standard InChI is InChI=1S/C21H28N4O3/c1-15(2)19-22-9-10-23(19)13-18(26)25-12-11-24(14-21(25)7-4-8-21)20(27)17-6-5-16(3)28-17/h5-6,9-10,15H,4,7-8,11-14H2,1-3H3. The lowest BCUT2D eigenvalue weighted by molar-refractivity contribution is -0.147. The van der Waals surface area contributed by atoms with Gasteiger partial charge in [0.25, 0.3) is 5.91 Å². The van der Waals surface area contributed by atoms with Gasteiger partial charge < -0.3 is 18.8 Å². The summed E-state index contributed by atoms with van der Waals surface area (Å²) in [6.45, 7) is 7.99. The number of piperazine rings is 1. The zero-order valence-corrected chi connectivity index (χ0v) is 16.9. The molecule has 1 spiro atoms. The fraction of sp³-hybridized carbons (Fsp3) is 0.571. The quantitative estimate of drug-likeness (QED) is 0.813. The highest BCUT2D eigenvalue weighted by Crippen LogP contribution is 2.41. The number of amides is 2. The summed E-state index contributed by atoms with van der Waals surface area (Å²) in [4.78, 5) is 34.2. The maximum atomic E-state index is 13.2. The van der Waals surface area contributed by atoms with Crippen LogP contribution in [0.1, 0.15) is 61.2 Å². The number of hydrogen-bond acceptors (Lipinski definition) is 4. The van der Waals surface area contributed by atoms with E-state index in [1.165, 1.54) is 0 Å². The first-order valence-electron chi connectivity index (χ1n) is 10.1. The largest absolute Gasteiger partial charge is 0.456 e. The fourth-order valence-corrected chi connectivity index (χ4v) is 4.44. The minimum atomic E-state index is -0.231. The van der Waals surface area contributed by atoms with Gasteiger partial charge in [0.15, 0.2) is 5.76 Å². The maximum Gasteiger partial charge on any atom is 0.289 e. The molecule has 4 rings (SSSR count). The summed E-state index contributed by atoms with van der Waals surface area (Å²) in [5, 5.41) is 0. The predicted molar refractivity (Wildman–Crippen MR) is 104 cm³/mol. The molecule has 2 aromatic heterocycles. The van der Waals surface area contributed by atoms with Crippen LogP contribution in [-0.4, -0.2) is 56.3 Å². The molecule has 0 bridgehead atoms. The highest BCUT2D eigenvalue weighted by molar-refractivity contribution is 5.92. The Bertz CT molecular complexity index is 878. The van der Waals surface area contributed by atoms with Crippen molar-refractivity contribution in [2.45, 2.75) is 58.0 Å². The van der Waals surface area contributed by atoms with Gasteiger partial charge in [0.2, 0.25) is 5.91 Å². The summed E-state index contributed by atoms with van der Waals surface area (Å²) >= 11 is 0. The number of rotatable bonds is 4. The van der Waals surface area contributed by atoms with E-state index >= 15 is 0 Å². The molecular weight excluding hydrogens is 356 g/mol. The third kappa shape index (κ3) is 3.23. The lowest BCUT2D eigenvalue weighted by Gasteiger charge is -2.55. The van der Waals surface area contributed by atoms with Crippen LogP contribution in [0.25, 0.3) is 0 Å². The molecule has 0 unspecified atom stereocenters. The molecular formula is C21H28N4O3. The van der Waals surface area contributed by atoms with Crippen LogP contribution >= 0.6 is 0 Å². The van der Waals surface area contributed by atoms with E-state index in [0.717, 1.165) is 30.8 Å². The van der Waals surface area contributed by atoms with Crippen molar-refractivity contribution < 1.29 is 14.0 Å². The van der Waals surface area contributed by atoms with Gasteiger partial charge in [0, 0.05) is 37.9 Å². The molecule has 1 aliphatic carbocycles. The monoisotopic (exact) mass is 384 g/mol. The van der Waals surface area contributed by atoms with E-state index in [1.54, 1.807) is 12.3 Å². The van der Waals surface area contributed by atoms with Gasteiger partial charge in [-0.25, -0.2) is 4.98 Å². The molecule has 7 nitrogen and oxygen atoms in total. The highest BCUT2D eigenvalue weighted by Gasteiger charge is 2.49. The van der Waals surface area contributed by atoms with E-state index in [0.29, 0.717) is 31.9 Å². The van der Waals surface area contributed by atoms with Crippen molar-refractivity contribution in [3.8, 4) is 0 Å². The van der Waals surface area contributed by atoms with Crippen molar-refractivity contribution in [3.05, 3.63) is 41.9 Å². The first kappa shape index (κ1) is 18.8. The zero-order valence-electron chi connectivity index (χ0n) is 16.9. The minimum absolute atomic E-state index is 0.0804. The molecule has 2 aromatic rings. The van der Waals surface area contributed by atoms with Gasteiger partial charge in [-0.1, -0.05) is 13.8 Å². The second-order valence-corrected chi connectivity index (χ2v) is 8.33. The minimum Gasteiger partial charge on any atom is -0.456 e. The molecule has 2 aliphatic rings. The normalized spacial score (nSPS) is 18.6. The third-order valence-electron chi connectivity index (χ3n) is 6.04. The van der Waals surface area contributed by atoms with Crippen LogP contribution < -0.4 is 0 Å². The molecule has 28 heavy (non-hydrogen) atoms. The molecule has 0 N–H and O–H groups in total. The number of carbonyl (C=O) groups is 2. The van der Waals surface area contributed by atoms with Gasteiger partial charge >= 0.3 is 0 Å². The van der Waals surface area contributed by atoms with E-state index in [2.05, 4.69) is 18.8 Å². The van der Waals surface area contributed by atoms with Crippen LogP contribution in [0.4, 0.5) is 0 Å². The van der Waals surface area contributed by atoms with Crippen LogP contribution in [-0.2, 0) is 11.3 Å². The number of aromatic nitrogens is 2. The number of furan rings is 1. The average Bonchev–Trinajstić information content (AvgIpc) is 3.28. The van der Waals surface area contributed by atoms with Crippen molar-refractivity contribution in [1.29, 1.82) is 0 Å². The van der Waals surface area contributed by atoms with Gasteiger partial charge in [0.1, 0.15) is 18.1 Å². The van der Waals surface area contributed by atoms with E-state index in [4.69, 9.17) is 4.42 Å². The van der Waals surface area contributed by atoms with E-state index in [-0.39, 0.29) is 23.3 Å². The van der Waals surface area contributed by atoms with Crippen molar-refractivity contribution in [2.24, 2.45) is 0 Å². The smallest absolute Gasteiger partial charge is 0.289 e. The zero-order chi connectivity index (χ0) is 19.9. The Balaban J connectivity index is 1.48. The van der Waals surface area contributed by atoms with Crippen LogP contribution in [0.2, 0.25) is 0 Å². The molecule has 0 atom stereocenters. The number of aryl methyl sites for hydroxylation is 1. The van der Waals surface area contributed by atoms with Gasteiger partial charge in [-0.3, -0.25) is 9.59 Å². The summed E-state index contributed by atoms with van der Waals surface area (Å²) < 4.78 is 7.46. The first-order valence-corrected chi connectivity index (χ1v) is 10.1. The Kier molecular flexibility index (Phi) is 4.77. The molecule has 2 amide bonds. The molecule has 3 heterocycles. The SMILES string of the molecule is Cc1ccc(C(=O)N2CCN(C(=O)Cn3ccnc3C(C)C)C3(CCC3)C2)o1. The number of hydrogen-bond donors (Lipinski definition) is 0. The Morgan fingerprint density at radius 3 is 2.64 bits per heavy atom. The van der Waals surface area contributed by atoms with Gasteiger partial charge in [0.05, 0.1) is 5.54 Å². The molecule has 0 aromatic carbocycles. The molecule has 2 fully saturated rings. The first-order chi connectivity index (χ1) is 13.4. The van der Waals surface area contributed by atoms with Crippen LogP contribution in [0, 0.1) is 6.92 Å². The van der Waals surface area contributed by atoms with Crippen molar-refractivity contribution >= 4 is 11.8 Å². The van der Waals surface area contributed by atoms with Crippen LogP contribution in [0.15, 0.2) is 28.9 Å². The highest BCUT2D eigenvalue weighted by atomic mass is 16.3. The third-order valence-corrected chi connectivity index (χ3v) is 6.04. The van der Waals surface area contributed by atoms with Crippen molar-refractivity contribution in [1.82, 2.24) is 19.4 Å². The number of carbonyl (C=O) groups excluding carboxylic acids is 2. The summed E-state index contributed by atoms with van der Waals surface area (Å²) in [6, 6.07) is 3.54. The van der Waals surface area contributed by atoms with Crippen LogP contribution in [0.5, 0.6) is 0 Å². The Morgan fingerprint density at radius 1 is 1.25 bits per heavy atom. The Morgan fingerprint density at radius 2 is 2.04 bits per heavy atom. The number of imidazole rings is 1. The van der Waals surface area contributed by atoms with Gasteiger partial charge in [-0.05, 0) is 38.3 Å². The topological polar surface area (TPSA) is 71.6 Å². The van der Waals surface area contributed by atoms with E-state index in [1.807, 2.05) is 33.6 Å². The summed E-state index contributed by atoms with van der Waals surface area (Å²) in [7, 11) is 0. The van der Waals surface area contributed by atoms with Crippen molar-refractivity contribution in [3.63, 3.8) is 0 Å². The molecule has 0 radical (unpaired) electrons. The molecule has 150 valence electrons. The van der Waals surface area contributed by atoms with E-state index < -0.39 is 0 Å². The average molecular weight is 384 g/mol. The lowest BCUT2D eigenvalue weighted by Crippen LogP contribution is -2.68. The molecule has 1 saturated heterocycles. The number of nitrogens with zero attached hydrogens (tertiary/aromatic N) is 4. The molecule has 1 aliphatic heterocycles. The van der Waals surface area contributed by atoms with Gasteiger partial charge in [-0.15, -0.1) is 0 Å². The lowest BCUT2D eigenvalue weighted by atomic mass is 9.73. The second-order valence-electron chi connectivity index (χ2n) is 8.33. The van der Waals surface area contributed by atoms with Crippen LogP contribution in [0.3, 0.4) is 0 Å². The summed E-state index contributed by atoms with van der Waals surface area (Å²) in [5.74, 6) is 2.34. The maximum absolute atomic E-state index is 13.2.